The molecule has 1 fully saturated rings. The minimum Gasteiger partial charge on any atom is -0.478 e. The van der Waals surface area contributed by atoms with Gasteiger partial charge in [-0.05, 0) is 49.3 Å². The zero-order chi connectivity index (χ0) is 16.7. The molecule has 1 aliphatic heterocycles. The van der Waals surface area contributed by atoms with Gasteiger partial charge in [0.05, 0.1) is 5.56 Å². The third kappa shape index (κ3) is 5.25. The van der Waals surface area contributed by atoms with E-state index in [1.807, 2.05) is 4.90 Å². The Labute approximate surface area is 136 Å². The van der Waals surface area contributed by atoms with E-state index < -0.39 is 5.97 Å². The molecule has 6 nitrogen and oxygen atoms in total. The van der Waals surface area contributed by atoms with Crippen molar-refractivity contribution in [1.82, 2.24) is 10.2 Å². The van der Waals surface area contributed by atoms with Crippen molar-refractivity contribution in [2.24, 2.45) is 5.92 Å². The molecule has 0 saturated carbocycles. The maximum absolute atomic E-state index is 12.1. The van der Waals surface area contributed by atoms with E-state index in [4.69, 9.17) is 10.2 Å². The molecule has 1 aromatic rings. The molecule has 1 aliphatic rings. The summed E-state index contributed by atoms with van der Waals surface area (Å²) >= 11 is 0. The zero-order valence-corrected chi connectivity index (χ0v) is 13.2. The Bertz CT molecular complexity index is 522. The second-order valence-electron chi connectivity index (χ2n) is 5.96. The summed E-state index contributed by atoms with van der Waals surface area (Å²) in [5.41, 5.74) is 1.12. The van der Waals surface area contributed by atoms with Gasteiger partial charge < -0.3 is 20.4 Å². The summed E-state index contributed by atoms with van der Waals surface area (Å²) in [5.74, 6) is -0.348. The number of aromatic carboxylic acids is 1. The van der Waals surface area contributed by atoms with Crippen LogP contribution >= 0.6 is 0 Å². The molecular weight excluding hydrogens is 296 g/mol. The molecule has 6 heteroatoms. The number of carboxylic acid groups (broad SMARTS) is 1. The summed E-state index contributed by atoms with van der Waals surface area (Å²) in [5, 5.41) is 20.6. The molecule has 0 atom stereocenters. The van der Waals surface area contributed by atoms with E-state index in [2.05, 4.69) is 5.32 Å². The van der Waals surface area contributed by atoms with Gasteiger partial charge in [-0.2, -0.15) is 0 Å². The molecule has 3 N–H and O–H groups in total. The third-order valence-electron chi connectivity index (χ3n) is 4.32. The Morgan fingerprint density at radius 3 is 2.39 bits per heavy atom. The monoisotopic (exact) mass is 320 g/mol. The van der Waals surface area contributed by atoms with Crippen molar-refractivity contribution in [3.8, 4) is 0 Å². The number of aliphatic hydroxyl groups is 1. The maximum Gasteiger partial charge on any atom is 0.335 e. The lowest BCUT2D eigenvalue weighted by Crippen LogP contribution is -2.44. The lowest BCUT2D eigenvalue weighted by Gasteiger charge is -2.32. The summed E-state index contributed by atoms with van der Waals surface area (Å²) in [4.78, 5) is 24.8. The van der Waals surface area contributed by atoms with E-state index in [0.717, 1.165) is 44.3 Å². The molecule has 126 valence electrons. The molecule has 0 aliphatic carbocycles. The fourth-order valence-electron chi connectivity index (χ4n) is 2.86. The number of piperidine rings is 1. The van der Waals surface area contributed by atoms with Crippen molar-refractivity contribution in [1.29, 1.82) is 0 Å². The van der Waals surface area contributed by atoms with Gasteiger partial charge in [0.1, 0.15) is 0 Å². The van der Waals surface area contributed by atoms with Crippen molar-refractivity contribution in [2.75, 3.05) is 19.7 Å². The highest BCUT2D eigenvalue weighted by molar-refractivity contribution is 5.87. The lowest BCUT2D eigenvalue weighted by atomic mass is 9.92. The fraction of sp³-hybridized carbons (Fsp3) is 0.529. The van der Waals surface area contributed by atoms with Crippen LogP contribution in [0.2, 0.25) is 0 Å². The molecule has 2 rings (SSSR count). The predicted molar refractivity (Wildman–Crippen MR) is 86.3 cm³/mol. The van der Waals surface area contributed by atoms with Gasteiger partial charge in [-0.1, -0.05) is 12.1 Å². The molecule has 0 spiro atoms. The number of nitrogens with zero attached hydrogens (tertiary/aromatic N) is 1. The zero-order valence-electron chi connectivity index (χ0n) is 13.2. The topological polar surface area (TPSA) is 89.9 Å². The molecule has 1 saturated heterocycles. The number of rotatable bonds is 6. The Morgan fingerprint density at radius 1 is 1.17 bits per heavy atom. The Morgan fingerprint density at radius 2 is 1.83 bits per heavy atom. The highest BCUT2D eigenvalue weighted by Gasteiger charge is 2.22. The van der Waals surface area contributed by atoms with Gasteiger partial charge in [-0.25, -0.2) is 9.59 Å². The van der Waals surface area contributed by atoms with E-state index >= 15 is 0 Å². The first-order valence-corrected chi connectivity index (χ1v) is 8.06. The number of carbonyl (C=O) groups is 2. The van der Waals surface area contributed by atoms with Gasteiger partial charge in [0.25, 0.3) is 0 Å². The van der Waals surface area contributed by atoms with Crippen molar-refractivity contribution in [2.45, 2.75) is 32.2 Å². The van der Waals surface area contributed by atoms with Gasteiger partial charge in [-0.3, -0.25) is 0 Å². The number of carboxylic acids is 1. The van der Waals surface area contributed by atoms with Crippen molar-refractivity contribution in [3.63, 3.8) is 0 Å². The minimum atomic E-state index is -0.954. The van der Waals surface area contributed by atoms with Gasteiger partial charge >= 0.3 is 12.0 Å². The Balaban J connectivity index is 1.74. The number of aliphatic hydroxyl groups excluding tert-OH is 1. The van der Waals surface area contributed by atoms with E-state index in [1.54, 1.807) is 12.1 Å². The first-order chi connectivity index (χ1) is 11.1. The number of amides is 2. The van der Waals surface area contributed by atoms with E-state index in [0.29, 0.717) is 12.5 Å². The van der Waals surface area contributed by atoms with Crippen LogP contribution in [0.3, 0.4) is 0 Å². The highest BCUT2D eigenvalue weighted by Crippen LogP contribution is 2.21. The molecule has 1 aromatic carbocycles. The van der Waals surface area contributed by atoms with E-state index in [9.17, 15) is 9.59 Å². The number of hydrogen-bond donors (Lipinski definition) is 3. The summed E-state index contributed by atoms with van der Waals surface area (Å²) in [6, 6.07) is 6.43. The average Bonchev–Trinajstić information content (AvgIpc) is 2.58. The van der Waals surface area contributed by atoms with Crippen LogP contribution in [0.4, 0.5) is 4.79 Å². The van der Waals surface area contributed by atoms with Crippen LogP contribution in [0.25, 0.3) is 0 Å². The number of hydrogen-bond acceptors (Lipinski definition) is 3. The second-order valence-corrected chi connectivity index (χ2v) is 5.96. The molecule has 0 radical (unpaired) electrons. The molecule has 23 heavy (non-hydrogen) atoms. The predicted octanol–water partition coefficient (Wildman–Crippen LogP) is 2.08. The van der Waals surface area contributed by atoms with Crippen LogP contribution in [0.1, 0.15) is 41.6 Å². The second kappa shape index (κ2) is 8.53. The van der Waals surface area contributed by atoms with Crippen LogP contribution < -0.4 is 5.32 Å². The highest BCUT2D eigenvalue weighted by atomic mass is 16.4. The molecular formula is C17H24N2O4. The molecule has 0 aromatic heterocycles. The minimum absolute atomic E-state index is 0.0760. The number of carbonyl (C=O) groups excluding carboxylic acids is 1. The molecule has 2 amide bonds. The number of benzene rings is 1. The van der Waals surface area contributed by atoms with Gasteiger partial charge in [0.15, 0.2) is 0 Å². The van der Waals surface area contributed by atoms with Crippen molar-refractivity contribution >= 4 is 12.0 Å². The maximum atomic E-state index is 12.1. The van der Waals surface area contributed by atoms with Gasteiger partial charge in [-0.15, -0.1) is 0 Å². The van der Waals surface area contributed by atoms with Crippen molar-refractivity contribution in [3.05, 3.63) is 35.4 Å². The largest absolute Gasteiger partial charge is 0.478 e. The molecule has 0 unspecified atom stereocenters. The summed E-state index contributed by atoms with van der Waals surface area (Å²) in [7, 11) is 0. The molecule has 0 bridgehead atoms. The van der Waals surface area contributed by atoms with Crippen LogP contribution in [0, 0.1) is 5.92 Å². The molecule has 1 heterocycles. The number of nitrogens with one attached hydrogen (secondary N) is 1. The van der Waals surface area contributed by atoms with Crippen molar-refractivity contribution < 1.29 is 19.8 Å². The van der Waals surface area contributed by atoms with E-state index in [-0.39, 0.29) is 18.2 Å². The van der Waals surface area contributed by atoms with Gasteiger partial charge in [0.2, 0.25) is 0 Å². The van der Waals surface area contributed by atoms with Gasteiger partial charge in [0, 0.05) is 26.2 Å². The van der Waals surface area contributed by atoms with Crippen LogP contribution in [-0.4, -0.2) is 46.8 Å². The first kappa shape index (κ1) is 17.3. The smallest absolute Gasteiger partial charge is 0.335 e. The summed E-state index contributed by atoms with van der Waals surface area (Å²) in [6.45, 7) is 2.13. The lowest BCUT2D eigenvalue weighted by molar-refractivity contribution is 0.0697. The van der Waals surface area contributed by atoms with Crippen LogP contribution in [0.15, 0.2) is 24.3 Å². The summed E-state index contributed by atoms with van der Waals surface area (Å²) < 4.78 is 0. The number of likely N-dealkylation sites (tertiary alicyclic amines) is 1. The summed E-state index contributed by atoms with van der Waals surface area (Å²) in [6.07, 6.45) is 3.84. The SMILES string of the molecule is O=C(O)c1ccc(CNC(=O)N2CCC(CCCO)CC2)cc1. The fourth-order valence-corrected chi connectivity index (χ4v) is 2.86. The average molecular weight is 320 g/mol. The standard InChI is InChI=1S/C17H24N2O4/c20-11-1-2-13-7-9-19(10-8-13)17(23)18-12-14-3-5-15(6-4-14)16(21)22/h3-6,13,20H,1-2,7-12H2,(H,18,23)(H,21,22). The third-order valence-corrected chi connectivity index (χ3v) is 4.32. The van der Waals surface area contributed by atoms with E-state index in [1.165, 1.54) is 12.1 Å². The van der Waals surface area contributed by atoms with Crippen LogP contribution in [0.5, 0.6) is 0 Å². The quantitative estimate of drug-likeness (QED) is 0.748. The first-order valence-electron chi connectivity index (χ1n) is 8.06. The Kier molecular flexibility index (Phi) is 6.40. The number of urea groups is 1. The Hall–Kier alpha value is -2.08. The van der Waals surface area contributed by atoms with Crippen LogP contribution in [-0.2, 0) is 6.54 Å². The normalized spacial score (nSPS) is 15.4.